The summed E-state index contributed by atoms with van der Waals surface area (Å²) in [7, 11) is 0. The van der Waals surface area contributed by atoms with Crippen LogP contribution in [0.2, 0.25) is 0 Å². The minimum Gasteiger partial charge on any atom is -0.494 e. The lowest BCUT2D eigenvalue weighted by Gasteiger charge is -2.17. The van der Waals surface area contributed by atoms with Gasteiger partial charge in [-0.15, -0.1) is 0 Å². The van der Waals surface area contributed by atoms with Gasteiger partial charge in [-0.3, -0.25) is 18.7 Å². The van der Waals surface area contributed by atoms with Crippen LogP contribution in [0.25, 0.3) is 10.9 Å². The Kier molecular flexibility index (Phi) is 6.16. The minimum absolute atomic E-state index is 0.191. The standard InChI is InChI=1S/C22H25N3O4/c1-4-15(3)25-21(27)18-8-6-7-9-19(18)24(22(25)28)14-20(26)23-16-10-12-17(13-11-16)29-5-2/h6-13,15H,4-5,14H2,1-3H3,(H,23,26)/t15-/m1/s1. The monoisotopic (exact) mass is 395 g/mol. The normalized spacial score (nSPS) is 12.0. The van der Waals surface area contributed by atoms with E-state index in [-0.39, 0.29) is 24.1 Å². The number of anilines is 1. The van der Waals surface area contributed by atoms with Crippen LogP contribution in [-0.2, 0) is 11.3 Å². The predicted octanol–water partition coefficient (Wildman–Crippen LogP) is 3.17. The first-order valence-electron chi connectivity index (χ1n) is 9.73. The zero-order valence-corrected chi connectivity index (χ0v) is 16.8. The Morgan fingerprint density at radius 3 is 2.41 bits per heavy atom. The molecule has 0 bridgehead atoms. The molecule has 1 amide bonds. The second-order valence-corrected chi connectivity index (χ2v) is 6.82. The SMILES string of the molecule is CCOc1ccc(NC(=O)Cn2c(=O)n([C@H](C)CC)c(=O)c3ccccc32)cc1. The fraction of sp³-hybridized carbons (Fsp3) is 0.318. The first-order chi connectivity index (χ1) is 14.0. The molecule has 0 aliphatic carbocycles. The van der Waals surface area contributed by atoms with Gasteiger partial charge in [-0.1, -0.05) is 19.1 Å². The van der Waals surface area contributed by atoms with Crippen LogP contribution in [0.4, 0.5) is 5.69 Å². The van der Waals surface area contributed by atoms with E-state index in [1.54, 1.807) is 48.5 Å². The Balaban J connectivity index is 1.95. The average Bonchev–Trinajstić information content (AvgIpc) is 2.72. The zero-order chi connectivity index (χ0) is 21.0. The number of para-hydroxylation sites is 1. The Morgan fingerprint density at radius 2 is 1.76 bits per heavy atom. The molecule has 0 spiro atoms. The second kappa shape index (κ2) is 8.77. The van der Waals surface area contributed by atoms with Crippen molar-refractivity contribution in [1.82, 2.24) is 9.13 Å². The van der Waals surface area contributed by atoms with Gasteiger partial charge in [0.05, 0.1) is 17.5 Å². The maximum absolute atomic E-state index is 13.0. The van der Waals surface area contributed by atoms with Crippen molar-refractivity contribution in [2.75, 3.05) is 11.9 Å². The largest absolute Gasteiger partial charge is 0.494 e. The molecule has 0 unspecified atom stereocenters. The molecule has 3 aromatic rings. The number of hydrogen-bond donors (Lipinski definition) is 1. The highest BCUT2D eigenvalue weighted by Crippen LogP contribution is 2.16. The molecule has 3 rings (SSSR count). The summed E-state index contributed by atoms with van der Waals surface area (Å²) < 4.78 is 7.97. The third-order valence-electron chi connectivity index (χ3n) is 4.86. The van der Waals surface area contributed by atoms with E-state index in [4.69, 9.17) is 4.74 Å². The molecule has 0 saturated carbocycles. The summed E-state index contributed by atoms with van der Waals surface area (Å²) >= 11 is 0. The van der Waals surface area contributed by atoms with Crippen LogP contribution in [-0.4, -0.2) is 21.6 Å². The highest BCUT2D eigenvalue weighted by Gasteiger charge is 2.18. The molecule has 2 aromatic carbocycles. The van der Waals surface area contributed by atoms with Crippen LogP contribution in [0.5, 0.6) is 5.75 Å². The number of benzene rings is 2. The molecule has 0 fully saturated rings. The number of fused-ring (bicyclic) bond motifs is 1. The number of ether oxygens (including phenoxy) is 1. The van der Waals surface area contributed by atoms with Crippen LogP contribution in [0.1, 0.15) is 33.2 Å². The predicted molar refractivity (Wildman–Crippen MR) is 114 cm³/mol. The lowest BCUT2D eigenvalue weighted by Crippen LogP contribution is -2.43. The van der Waals surface area contributed by atoms with Gasteiger partial charge in [-0.25, -0.2) is 4.79 Å². The smallest absolute Gasteiger partial charge is 0.332 e. The Hall–Kier alpha value is -3.35. The molecule has 152 valence electrons. The summed E-state index contributed by atoms with van der Waals surface area (Å²) in [5.74, 6) is 0.365. The molecular weight excluding hydrogens is 370 g/mol. The zero-order valence-electron chi connectivity index (χ0n) is 16.8. The van der Waals surface area contributed by atoms with Gasteiger partial charge < -0.3 is 10.1 Å². The molecule has 1 atom stereocenters. The van der Waals surface area contributed by atoms with E-state index >= 15 is 0 Å². The maximum Gasteiger partial charge on any atom is 0.332 e. The first kappa shape index (κ1) is 20.4. The van der Waals surface area contributed by atoms with Crippen molar-refractivity contribution in [3.05, 3.63) is 69.4 Å². The molecular formula is C22H25N3O4. The summed E-state index contributed by atoms with van der Waals surface area (Å²) in [6, 6.07) is 13.6. The molecule has 29 heavy (non-hydrogen) atoms. The van der Waals surface area contributed by atoms with Crippen molar-refractivity contribution < 1.29 is 9.53 Å². The topological polar surface area (TPSA) is 82.3 Å². The van der Waals surface area contributed by atoms with Crippen molar-refractivity contribution in [3.8, 4) is 5.75 Å². The number of amides is 1. The number of hydrogen-bond acceptors (Lipinski definition) is 4. The van der Waals surface area contributed by atoms with Gasteiger partial charge in [0.25, 0.3) is 5.56 Å². The van der Waals surface area contributed by atoms with E-state index in [2.05, 4.69) is 5.32 Å². The quantitative estimate of drug-likeness (QED) is 0.666. The number of carbonyl (C=O) groups excluding carboxylic acids is 1. The van der Waals surface area contributed by atoms with Gasteiger partial charge in [0.1, 0.15) is 12.3 Å². The van der Waals surface area contributed by atoms with Gasteiger partial charge in [-0.05, 0) is 56.7 Å². The summed E-state index contributed by atoms with van der Waals surface area (Å²) in [6.07, 6.45) is 0.631. The van der Waals surface area contributed by atoms with E-state index < -0.39 is 5.69 Å². The van der Waals surface area contributed by atoms with Crippen molar-refractivity contribution in [3.63, 3.8) is 0 Å². The van der Waals surface area contributed by atoms with Crippen LogP contribution in [0.15, 0.2) is 58.1 Å². The van der Waals surface area contributed by atoms with Crippen LogP contribution < -0.4 is 21.3 Å². The van der Waals surface area contributed by atoms with E-state index in [0.717, 1.165) is 0 Å². The molecule has 1 heterocycles. The number of aromatic nitrogens is 2. The summed E-state index contributed by atoms with van der Waals surface area (Å²) in [6.45, 7) is 6.00. The van der Waals surface area contributed by atoms with Crippen molar-refractivity contribution in [2.24, 2.45) is 0 Å². The third kappa shape index (κ3) is 4.23. The molecule has 0 radical (unpaired) electrons. The summed E-state index contributed by atoms with van der Waals surface area (Å²) in [5.41, 5.74) is 0.239. The van der Waals surface area contributed by atoms with Crippen molar-refractivity contribution in [2.45, 2.75) is 39.8 Å². The molecule has 0 aliphatic heterocycles. The van der Waals surface area contributed by atoms with Crippen LogP contribution in [0, 0.1) is 0 Å². The van der Waals surface area contributed by atoms with Crippen LogP contribution in [0.3, 0.4) is 0 Å². The second-order valence-electron chi connectivity index (χ2n) is 6.82. The lowest BCUT2D eigenvalue weighted by molar-refractivity contribution is -0.116. The highest BCUT2D eigenvalue weighted by molar-refractivity contribution is 5.91. The Morgan fingerprint density at radius 1 is 1.07 bits per heavy atom. The third-order valence-corrected chi connectivity index (χ3v) is 4.86. The summed E-state index contributed by atoms with van der Waals surface area (Å²) in [4.78, 5) is 38.5. The van der Waals surface area contributed by atoms with Gasteiger partial charge in [0, 0.05) is 11.7 Å². The fourth-order valence-corrected chi connectivity index (χ4v) is 3.21. The Bertz CT molecular complexity index is 1130. The van der Waals surface area contributed by atoms with E-state index in [9.17, 15) is 14.4 Å². The molecule has 1 N–H and O–H groups in total. The van der Waals surface area contributed by atoms with Gasteiger partial charge in [0.2, 0.25) is 5.91 Å². The summed E-state index contributed by atoms with van der Waals surface area (Å²) in [5, 5.41) is 3.21. The number of nitrogens with one attached hydrogen (secondary N) is 1. The molecule has 0 saturated heterocycles. The van der Waals surface area contributed by atoms with E-state index in [1.807, 2.05) is 20.8 Å². The highest BCUT2D eigenvalue weighted by atomic mass is 16.5. The van der Waals surface area contributed by atoms with Crippen molar-refractivity contribution in [1.29, 1.82) is 0 Å². The van der Waals surface area contributed by atoms with Gasteiger partial charge in [-0.2, -0.15) is 0 Å². The van der Waals surface area contributed by atoms with Gasteiger partial charge >= 0.3 is 5.69 Å². The molecule has 1 aromatic heterocycles. The average molecular weight is 395 g/mol. The van der Waals surface area contributed by atoms with Crippen LogP contribution >= 0.6 is 0 Å². The molecule has 0 aliphatic rings. The van der Waals surface area contributed by atoms with Crippen molar-refractivity contribution >= 4 is 22.5 Å². The molecule has 7 nitrogen and oxygen atoms in total. The van der Waals surface area contributed by atoms with Gasteiger partial charge in [0.15, 0.2) is 0 Å². The van der Waals surface area contributed by atoms with E-state index in [0.29, 0.717) is 35.4 Å². The minimum atomic E-state index is -0.482. The maximum atomic E-state index is 13.0. The number of rotatable bonds is 7. The lowest BCUT2D eigenvalue weighted by atomic mass is 10.2. The number of nitrogens with zero attached hydrogens (tertiary/aromatic N) is 2. The fourth-order valence-electron chi connectivity index (χ4n) is 3.21. The molecule has 7 heteroatoms. The van der Waals surface area contributed by atoms with E-state index in [1.165, 1.54) is 9.13 Å². The Labute approximate surface area is 168 Å². The number of carbonyl (C=O) groups is 1. The first-order valence-corrected chi connectivity index (χ1v) is 9.73.